The molecular formula is C14H20F2N2. The average molecular weight is 254 g/mol. The second-order valence-electron chi connectivity index (χ2n) is 5.65. The van der Waals surface area contributed by atoms with E-state index in [2.05, 4.69) is 17.1 Å². The summed E-state index contributed by atoms with van der Waals surface area (Å²) >= 11 is 0. The van der Waals surface area contributed by atoms with Gasteiger partial charge in [0.05, 0.1) is 0 Å². The molecule has 2 rings (SSSR count). The summed E-state index contributed by atoms with van der Waals surface area (Å²) in [7, 11) is 1.98. The number of nitrogens with zero attached hydrogens (tertiary/aromatic N) is 1. The van der Waals surface area contributed by atoms with Gasteiger partial charge in [-0.15, -0.1) is 0 Å². The predicted molar refractivity (Wildman–Crippen MR) is 68.3 cm³/mol. The SMILES string of the molecule is CN(Cc1ccc(F)cc1F)CC1(C)CCNC1. The molecular weight excluding hydrogens is 234 g/mol. The Morgan fingerprint density at radius 2 is 2.17 bits per heavy atom. The first-order chi connectivity index (χ1) is 8.48. The van der Waals surface area contributed by atoms with Crippen LogP contribution >= 0.6 is 0 Å². The van der Waals surface area contributed by atoms with Gasteiger partial charge in [-0.1, -0.05) is 13.0 Å². The molecule has 1 aliphatic rings. The Bertz CT molecular complexity index is 414. The highest BCUT2D eigenvalue weighted by atomic mass is 19.1. The number of rotatable bonds is 4. The average Bonchev–Trinajstić information content (AvgIpc) is 2.69. The quantitative estimate of drug-likeness (QED) is 0.887. The van der Waals surface area contributed by atoms with E-state index in [1.807, 2.05) is 7.05 Å². The Morgan fingerprint density at radius 1 is 1.39 bits per heavy atom. The Labute approximate surface area is 107 Å². The molecule has 1 aromatic carbocycles. The fraction of sp³-hybridized carbons (Fsp3) is 0.571. The third-order valence-corrected chi connectivity index (χ3v) is 3.56. The first kappa shape index (κ1) is 13.4. The standard InChI is InChI=1S/C14H20F2N2/c1-14(5-6-17-9-14)10-18(2)8-11-3-4-12(15)7-13(11)16/h3-4,7,17H,5-6,8-10H2,1-2H3. The summed E-state index contributed by atoms with van der Waals surface area (Å²) in [5.41, 5.74) is 0.805. The molecule has 0 aromatic heterocycles. The summed E-state index contributed by atoms with van der Waals surface area (Å²) < 4.78 is 26.4. The van der Waals surface area contributed by atoms with E-state index in [0.29, 0.717) is 12.1 Å². The Hall–Kier alpha value is -1.00. The number of halogens is 2. The molecule has 1 N–H and O–H groups in total. The van der Waals surface area contributed by atoms with Crippen LogP contribution in [-0.2, 0) is 6.54 Å². The van der Waals surface area contributed by atoms with Gasteiger partial charge < -0.3 is 10.2 Å². The summed E-state index contributed by atoms with van der Waals surface area (Å²) in [6.07, 6.45) is 1.14. The first-order valence-electron chi connectivity index (χ1n) is 6.32. The highest BCUT2D eigenvalue weighted by molar-refractivity contribution is 5.18. The largest absolute Gasteiger partial charge is 0.316 e. The van der Waals surface area contributed by atoms with E-state index < -0.39 is 11.6 Å². The van der Waals surface area contributed by atoms with Crippen LogP contribution in [-0.4, -0.2) is 31.6 Å². The molecule has 1 heterocycles. The number of hydrogen-bond donors (Lipinski definition) is 1. The monoisotopic (exact) mass is 254 g/mol. The Kier molecular flexibility index (Phi) is 3.97. The van der Waals surface area contributed by atoms with Gasteiger partial charge in [0.2, 0.25) is 0 Å². The molecule has 1 aliphatic heterocycles. The van der Waals surface area contributed by atoms with Gasteiger partial charge in [-0.3, -0.25) is 0 Å². The van der Waals surface area contributed by atoms with Crippen LogP contribution < -0.4 is 5.32 Å². The first-order valence-corrected chi connectivity index (χ1v) is 6.32. The smallest absolute Gasteiger partial charge is 0.130 e. The van der Waals surface area contributed by atoms with Crippen molar-refractivity contribution in [3.8, 4) is 0 Å². The second-order valence-corrected chi connectivity index (χ2v) is 5.65. The van der Waals surface area contributed by atoms with Gasteiger partial charge in [0.1, 0.15) is 11.6 Å². The maximum Gasteiger partial charge on any atom is 0.130 e. The summed E-state index contributed by atoms with van der Waals surface area (Å²) in [6, 6.07) is 3.78. The molecule has 2 nitrogen and oxygen atoms in total. The van der Waals surface area contributed by atoms with Gasteiger partial charge >= 0.3 is 0 Å². The van der Waals surface area contributed by atoms with E-state index in [9.17, 15) is 8.78 Å². The van der Waals surface area contributed by atoms with Gasteiger partial charge in [0, 0.05) is 31.3 Å². The van der Waals surface area contributed by atoms with Crippen LogP contribution in [0.1, 0.15) is 18.9 Å². The van der Waals surface area contributed by atoms with Gasteiger partial charge in [0.25, 0.3) is 0 Å². The van der Waals surface area contributed by atoms with Crippen molar-refractivity contribution >= 4 is 0 Å². The zero-order valence-electron chi connectivity index (χ0n) is 11.0. The summed E-state index contributed by atoms with van der Waals surface area (Å²) in [5, 5.41) is 3.35. The minimum atomic E-state index is -0.522. The molecule has 1 atom stereocenters. The molecule has 0 amide bonds. The number of benzene rings is 1. The number of nitrogens with one attached hydrogen (secondary N) is 1. The van der Waals surface area contributed by atoms with E-state index >= 15 is 0 Å². The van der Waals surface area contributed by atoms with E-state index in [0.717, 1.165) is 32.1 Å². The molecule has 100 valence electrons. The van der Waals surface area contributed by atoms with Crippen molar-refractivity contribution in [3.05, 3.63) is 35.4 Å². The Morgan fingerprint density at radius 3 is 2.78 bits per heavy atom. The van der Waals surface area contributed by atoms with Crippen LogP contribution in [0.5, 0.6) is 0 Å². The number of hydrogen-bond acceptors (Lipinski definition) is 2. The molecule has 0 radical (unpaired) electrons. The second kappa shape index (κ2) is 5.33. The molecule has 18 heavy (non-hydrogen) atoms. The maximum absolute atomic E-state index is 13.5. The van der Waals surface area contributed by atoms with E-state index in [1.54, 1.807) is 0 Å². The fourth-order valence-corrected chi connectivity index (χ4v) is 2.65. The minimum Gasteiger partial charge on any atom is -0.316 e. The van der Waals surface area contributed by atoms with Crippen molar-refractivity contribution in [1.29, 1.82) is 0 Å². The minimum absolute atomic E-state index is 0.255. The van der Waals surface area contributed by atoms with Gasteiger partial charge in [-0.25, -0.2) is 8.78 Å². The molecule has 1 unspecified atom stereocenters. The predicted octanol–water partition coefficient (Wildman–Crippen LogP) is 2.40. The fourth-order valence-electron chi connectivity index (χ4n) is 2.65. The van der Waals surface area contributed by atoms with Crippen molar-refractivity contribution in [2.45, 2.75) is 19.9 Å². The van der Waals surface area contributed by atoms with Crippen LogP contribution in [0.25, 0.3) is 0 Å². The zero-order chi connectivity index (χ0) is 13.2. The van der Waals surface area contributed by atoms with E-state index in [1.165, 1.54) is 12.1 Å². The van der Waals surface area contributed by atoms with Crippen molar-refractivity contribution in [1.82, 2.24) is 10.2 Å². The van der Waals surface area contributed by atoms with Crippen molar-refractivity contribution in [2.75, 3.05) is 26.7 Å². The molecule has 0 bridgehead atoms. The van der Waals surface area contributed by atoms with Gasteiger partial charge in [0.15, 0.2) is 0 Å². The molecule has 1 fully saturated rings. The van der Waals surface area contributed by atoms with Crippen molar-refractivity contribution in [3.63, 3.8) is 0 Å². The molecule has 0 spiro atoms. The molecule has 1 aromatic rings. The topological polar surface area (TPSA) is 15.3 Å². The highest BCUT2D eigenvalue weighted by Gasteiger charge is 2.29. The third-order valence-electron chi connectivity index (χ3n) is 3.56. The Balaban J connectivity index is 1.96. The molecule has 0 aliphatic carbocycles. The van der Waals surface area contributed by atoms with Crippen LogP contribution in [0.2, 0.25) is 0 Å². The van der Waals surface area contributed by atoms with E-state index in [-0.39, 0.29) is 5.41 Å². The van der Waals surface area contributed by atoms with Gasteiger partial charge in [-0.2, -0.15) is 0 Å². The maximum atomic E-state index is 13.5. The molecule has 1 saturated heterocycles. The summed E-state index contributed by atoms with van der Waals surface area (Å²) in [6.45, 7) is 5.72. The highest BCUT2D eigenvalue weighted by Crippen LogP contribution is 2.26. The lowest BCUT2D eigenvalue weighted by Crippen LogP contribution is -2.34. The van der Waals surface area contributed by atoms with Crippen LogP contribution in [0, 0.1) is 17.0 Å². The van der Waals surface area contributed by atoms with Crippen LogP contribution in [0.3, 0.4) is 0 Å². The molecule has 0 saturated carbocycles. The van der Waals surface area contributed by atoms with Crippen LogP contribution in [0.4, 0.5) is 8.78 Å². The third kappa shape index (κ3) is 3.27. The van der Waals surface area contributed by atoms with Crippen molar-refractivity contribution < 1.29 is 8.78 Å². The van der Waals surface area contributed by atoms with Gasteiger partial charge in [-0.05, 0) is 31.5 Å². The van der Waals surface area contributed by atoms with Crippen LogP contribution in [0.15, 0.2) is 18.2 Å². The molecule has 4 heteroatoms. The van der Waals surface area contributed by atoms with Crippen molar-refractivity contribution in [2.24, 2.45) is 5.41 Å². The lowest BCUT2D eigenvalue weighted by molar-refractivity contribution is 0.201. The zero-order valence-corrected chi connectivity index (χ0v) is 11.0. The summed E-state index contributed by atoms with van der Waals surface area (Å²) in [4.78, 5) is 2.10. The van der Waals surface area contributed by atoms with E-state index in [4.69, 9.17) is 0 Å². The lowest BCUT2D eigenvalue weighted by atomic mass is 9.89. The summed E-state index contributed by atoms with van der Waals surface area (Å²) in [5.74, 6) is -0.984. The normalized spacial score (nSPS) is 23.8. The lowest BCUT2D eigenvalue weighted by Gasteiger charge is -2.29.